The van der Waals surface area contributed by atoms with Crippen LogP contribution in [0.25, 0.3) is 55.6 Å². The first-order valence-corrected chi connectivity index (χ1v) is 36.9. The third-order valence-electron chi connectivity index (χ3n) is 17.2. The Labute approximate surface area is 669 Å². The van der Waals surface area contributed by atoms with Crippen LogP contribution in [0.1, 0.15) is 75.1 Å². The van der Waals surface area contributed by atoms with Crippen molar-refractivity contribution >= 4 is 76.6 Å². The van der Waals surface area contributed by atoms with Gasteiger partial charge in [0, 0.05) is 121 Å². The van der Waals surface area contributed by atoms with Crippen molar-refractivity contribution in [1.82, 2.24) is 24.9 Å². The minimum Gasteiger partial charge on any atom is -0.378 e. The number of rotatable bonds is 20. The molecule has 0 unspecified atom stereocenters. The highest BCUT2D eigenvalue weighted by Gasteiger charge is 2.25. The first kappa shape index (κ1) is 82.6. The number of non-ortho nitro benzene ring substituents is 3. The van der Waals surface area contributed by atoms with E-state index in [1.165, 1.54) is 18.2 Å². The van der Waals surface area contributed by atoms with Crippen LogP contribution in [0.2, 0.25) is 0 Å². The molecule has 0 bridgehead atoms. The summed E-state index contributed by atoms with van der Waals surface area (Å²) < 4.78 is 0. The smallest absolute Gasteiger partial charge is 0.270 e. The molecule has 0 aliphatic carbocycles. The van der Waals surface area contributed by atoms with Crippen LogP contribution in [0.4, 0.5) is 45.5 Å². The van der Waals surface area contributed by atoms with Gasteiger partial charge in [0.05, 0.1) is 96.4 Å². The molecule has 9 aromatic carbocycles. The summed E-state index contributed by atoms with van der Waals surface area (Å²) in [6.45, 7) is 12.8. The first-order valence-electron chi connectivity index (χ1n) is 36.9. The van der Waals surface area contributed by atoms with Gasteiger partial charge >= 0.3 is 0 Å². The van der Waals surface area contributed by atoms with Crippen molar-refractivity contribution in [3.05, 3.63) is 399 Å². The summed E-state index contributed by atoms with van der Waals surface area (Å²) in [5.41, 5.74) is 18.4. The van der Waals surface area contributed by atoms with E-state index >= 15 is 0 Å². The third-order valence-corrected chi connectivity index (χ3v) is 17.2. The summed E-state index contributed by atoms with van der Waals surface area (Å²) in [6, 6.07) is 94.6. The van der Waals surface area contributed by atoms with E-state index in [-0.39, 0.29) is 27.5 Å². The van der Waals surface area contributed by atoms with Crippen LogP contribution in [-0.2, 0) is 0 Å². The van der Waals surface area contributed by atoms with Crippen LogP contribution in [0.5, 0.6) is 0 Å². The molecule has 0 atom stereocenters. The highest BCUT2D eigenvalue weighted by Crippen LogP contribution is 2.45. The topological polar surface area (TPSA) is 259 Å². The average molecular weight is 1520 g/mol. The zero-order chi connectivity index (χ0) is 81.4. The molecule has 0 saturated heterocycles. The quantitative estimate of drug-likeness (QED) is 0.0392. The zero-order valence-electron chi connectivity index (χ0n) is 65.1. The lowest BCUT2D eigenvalue weighted by molar-refractivity contribution is -0.385. The van der Waals surface area contributed by atoms with Crippen molar-refractivity contribution < 1.29 is 14.8 Å². The molecule has 0 radical (unpaired) electrons. The molecule has 14 rings (SSSR count). The predicted molar refractivity (Wildman–Crippen MR) is 468 cm³/mol. The molecule has 0 saturated carbocycles. The minimum absolute atomic E-state index is 0.0273. The maximum absolute atomic E-state index is 11.6. The van der Waals surface area contributed by atoms with Gasteiger partial charge in [0.1, 0.15) is 0 Å². The standard InChI is InChI=1S/C26H23N3.C24H17N3O2.C18H13N3O2.C14H22N2.C13H11N3O2/c1-29(2)23-17-24(20-11-5-3-6-12-20)26(28-19-22-15-9-10-16-27-22)25(18-23)21-13-7-4-8-14-21;28-27(29)21-15-22(18-9-3-1-4-10-18)24(26-17-20-13-7-8-14-25-20)23(16-21)19-11-5-2-6-12-19;22-21(23)16-9-10-18(20-13-15-8-4-5-11-19-15)17(12-16)14-6-2-1-3-7-14;1-13(2,3)11-14(4,5)16-10-12-8-6-7-9-15-12;1-10-8-12(16(17)18)5-6-13(10)15-9-11-4-2-3-7-14-11/h3-19H,1-2H3;1-17H;1-13H;6-10H,11H2,1-5H3;2-9H,1H3. The SMILES string of the molecule is CC(C)(C)CC(C)(C)N=Cc1ccccn1.CN(C)c1cc(-c2ccccc2)c(N=Cc2ccccn2)c(-c2ccccc2)c1.Cc1cc([N+](=O)[O-])ccc1N=Cc1ccccn1.O=[N+]([O-])c1cc(-c2ccccc2)c(N=Cc2ccccn2)c(-c2ccccc2)c1.O=[N+]([O-])c1ccc(N=Cc2ccccn2)c(-c2ccccc2)c1. The molecule has 0 fully saturated rings. The Balaban J connectivity index is 0.000000155. The summed E-state index contributed by atoms with van der Waals surface area (Å²) in [5, 5.41) is 33.2. The Bertz CT molecular complexity index is 5510. The number of pyridine rings is 5. The van der Waals surface area contributed by atoms with Crippen molar-refractivity contribution in [3.63, 3.8) is 0 Å². The number of hydrogen-bond acceptors (Lipinski definition) is 17. The third kappa shape index (κ3) is 25.6. The van der Waals surface area contributed by atoms with Crippen LogP contribution in [-0.4, -0.2) is 90.4 Å². The van der Waals surface area contributed by atoms with Gasteiger partial charge in [-0.15, -0.1) is 0 Å². The van der Waals surface area contributed by atoms with Gasteiger partial charge in [-0.25, -0.2) is 0 Å². The van der Waals surface area contributed by atoms with Gasteiger partial charge in [0.2, 0.25) is 0 Å². The van der Waals surface area contributed by atoms with Crippen LogP contribution in [0.15, 0.2) is 359 Å². The van der Waals surface area contributed by atoms with Crippen molar-refractivity contribution in [3.8, 4) is 55.6 Å². The molecule has 0 N–H and O–H groups in total. The largest absolute Gasteiger partial charge is 0.378 e. The summed E-state index contributed by atoms with van der Waals surface area (Å²) in [7, 11) is 4.13. The van der Waals surface area contributed by atoms with Gasteiger partial charge in [0.15, 0.2) is 0 Å². The highest BCUT2D eigenvalue weighted by molar-refractivity contribution is 5.96. The van der Waals surface area contributed by atoms with Crippen LogP contribution < -0.4 is 4.90 Å². The molecular weight excluding hydrogens is 1430 g/mol. The van der Waals surface area contributed by atoms with E-state index < -0.39 is 9.85 Å². The lowest BCUT2D eigenvalue weighted by Gasteiger charge is -2.28. The second-order valence-corrected chi connectivity index (χ2v) is 28.1. The summed E-state index contributed by atoms with van der Waals surface area (Å²) in [6.07, 6.45) is 18.4. The summed E-state index contributed by atoms with van der Waals surface area (Å²) >= 11 is 0. The number of hydrogen-bond donors (Lipinski definition) is 0. The molecule has 572 valence electrons. The summed E-state index contributed by atoms with van der Waals surface area (Å²) in [5.74, 6) is 0. The molecule has 115 heavy (non-hydrogen) atoms. The van der Waals surface area contributed by atoms with Crippen molar-refractivity contribution in [2.24, 2.45) is 30.4 Å². The first-order chi connectivity index (χ1) is 55.6. The number of nitro benzene ring substituents is 3. The highest BCUT2D eigenvalue weighted by atomic mass is 16.6. The maximum atomic E-state index is 11.6. The molecule has 0 spiro atoms. The Kier molecular flexibility index (Phi) is 29.6. The predicted octanol–water partition coefficient (Wildman–Crippen LogP) is 23.5. The van der Waals surface area contributed by atoms with E-state index in [9.17, 15) is 30.3 Å². The molecular formula is C95H86N14O6. The van der Waals surface area contributed by atoms with E-state index in [0.29, 0.717) is 44.9 Å². The normalized spacial score (nSPS) is 11.2. The fraction of sp³-hybridized carbons (Fsp3) is 0.116. The van der Waals surface area contributed by atoms with E-state index in [2.05, 4.69) is 154 Å². The van der Waals surface area contributed by atoms with Gasteiger partial charge < -0.3 is 4.90 Å². The molecule has 5 aromatic heterocycles. The minimum atomic E-state index is -0.417. The van der Waals surface area contributed by atoms with E-state index in [1.807, 2.05) is 207 Å². The molecule has 0 aliphatic rings. The van der Waals surface area contributed by atoms with Crippen LogP contribution in [0, 0.1) is 42.7 Å². The Morgan fingerprint density at radius 2 is 0.617 bits per heavy atom. The molecule has 0 amide bonds. The van der Waals surface area contributed by atoms with Gasteiger partial charge in [0.25, 0.3) is 17.1 Å². The Morgan fingerprint density at radius 1 is 0.330 bits per heavy atom. The lowest BCUT2D eigenvalue weighted by Crippen LogP contribution is -2.25. The zero-order valence-corrected chi connectivity index (χ0v) is 65.1. The number of nitrogens with zero attached hydrogens (tertiary/aromatic N) is 14. The number of aliphatic imine (C=N–C) groups is 5. The number of benzene rings is 9. The van der Waals surface area contributed by atoms with Gasteiger partial charge in [-0.2, -0.15) is 0 Å². The van der Waals surface area contributed by atoms with E-state index in [0.717, 1.165) is 85.1 Å². The fourth-order valence-electron chi connectivity index (χ4n) is 12.1. The average Bonchev–Trinajstić information content (AvgIpc) is 0.787. The number of nitro groups is 3. The molecule has 20 nitrogen and oxygen atoms in total. The van der Waals surface area contributed by atoms with Crippen LogP contribution in [0.3, 0.4) is 0 Å². The fourth-order valence-corrected chi connectivity index (χ4v) is 12.1. The van der Waals surface area contributed by atoms with Crippen molar-refractivity contribution in [2.45, 2.75) is 53.5 Å². The lowest BCUT2D eigenvalue weighted by atomic mass is 9.82. The molecule has 5 heterocycles. The van der Waals surface area contributed by atoms with Crippen LogP contribution >= 0.6 is 0 Å². The van der Waals surface area contributed by atoms with Crippen molar-refractivity contribution in [1.29, 1.82) is 0 Å². The second-order valence-electron chi connectivity index (χ2n) is 28.1. The number of aryl methyl sites for hydroxylation is 1. The molecule has 20 heteroatoms. The maximum Gasteiger partial charge on any atom is 0.270 e. The monoisotopic (exact) mass is 1520 g/mol. The Hall–Kier alpha value is -14.9. The van der Waals surface area contributed by atoms with Gasteiger partial charge in [-0.3, -0.25) is 80.2 Å². The van der Waals surface area contributed by atoms with Gasteiger partial charge in [-0.1, -0.05) is 203 Å². The molecule has 14 aromatic rings. The van der Waals surface area contributed by atoms with Gasteiger partial charge in [-0.05, 0) is 151 Å². The number of aromatic nitrogens is 5. The van der Waals surface area contributed by atoms with E-state index in [4.69, 9.17) is 9.98 Å². The van der Waals surface area contributed by atoms with Crippen molar-refractivity contribution in [2.75, 3.05) is 19.0 Å². The molecule has 0 aliphatic heterocycles. The summed E-state index contributed by atoms with van der Waals surface area (Å²) in [4.78, 5) is 78.4. The second kappa shape index (κ2) is 41.2. The Morgan fingerprint density at radius 3 is 0.930 bits per heavy atom. The number of anilines is 1. The van der Waals surface area contributed by atoms with E-state index in [1.54, 1.807) is 86.9 Å².